The maximum atomic E-state index is 14.7. The minimum atomic E-state index is -4.80. The number of benzene rings is 2. The van der Waals surface area contributed by atoms with Gasteiger partial charge in [0.15, 0.2) is 5.78 Å². The number of Topliss-reactive ketones (excluding diaryl/α,β-unsaturated/α-hetero) is 1. The first kappa shape index (κ1) is 28.2. The van der Waals surface area contributed by atoms with Gasteiger partial charge in [0.1, 0.15) is 17.8 Å². The average molecular weight is 568 g/mol. The van der Waals surface area contributed by atoms with E-state index in [0.717, 1.165) is 42.7 Å². The second-order valence-electron chi connectivity index (χ2n) is 8.74. The van der Waals surface area contributed by atoms with Crippen molar-refractivity contribution in [2.75, 3.05) is 6.54 Å². The smallest absolute Gasteiger partial charge is 0.298 e. The number of nitrogens with zero attached hydrogens (tertiary/aromatic N) is 4. The lowest BCUT2D eigenvalue weighted by atomic mass is 9.95. The number of nitriles is 1. The number of hydrogen-bond donors (Lipinski definition) is 0. The zero-order valence-electron chi connectivity index (χ0n) is 19.8. The summed E-state index contributed by atoms with van der Waals surface area (Å²) in [5, 5.41) is 9.42. The van der Waals surface area contributed by atoms with Crippen molar-refractivity contribution in [2.24, 2.45) is 0 Å². The molecule has 0 radical (unpaired) electrons. The molecule has 0 bridgehead atoms. The first-order valence-corrected chi connectivity index (χ1v) is 12.8. The first-order valence-electron chi connectivity index (χ1n) is 11.4. The van der Waals surface area contributed by atoms with Crippen molar-refractivity contribution in [1.82, 2.24) is 14.3 Å². The Balaban J connectivity index is 1.57. The van der Waals surface area contributed by atoms with Crippen molar-refractivity contribution >= 4 is 15.8 Å². The Morgan fingerprint density at radius 2 is 1.74 bits per heavy atom. The number of hydrogen-bond acceptors (Lipinski definition) is 6. The fourth-order valence-electron chi connectivity index (χ4n) is 4.24. The quantitative estimate of drug-likeness (QED) is 0.386. The topological polar surface area (TPSA) is 104 Å². The molecule has 3 aromatic rings. The molecule has 39 heavy (non-hydrogen) atoms. The number of aryl methyl sites for hydroxylation is 1. The van der Waals surface area contributed by atoms with Crippen molar-refractivity contribution in [3.05, 3.63) is 77.4 Å². The predicted molar refractivity (Wildman–Crippen MR) is 124 cm³/mol. The summed E-state index contributed by atoms with van der Waals surface area (Å²) in [6.07, 6.45) is -5.81. The largest absolute Gasteiger partial charge is 0.451 e. The maximum absolute atomic E-state index is 14.7. The van der Waals surface area contributed by atoms with E-state index in [9.17, 15) is 44.8 Å². The van der Waals surface area contributed by atoms with Crippen LogP contribution in [0.25, 0.3) is 11.1 Å². The molecular formula is C25H18F6N4O3S. The molecule has 14 heteroatoms. The van der Waals surface area contributed by atoms with Crippen LogP contribution in [0.4, 0.5) is 26.3 Å². The van der Waals surface area contributed by atoms with Crippen molar-refractivity contribution in [1.29, 1.82) is 5.26 Å². The van der Waals surface area contributed by atoms with Crippen LogP contribution in [-0.2, 0) is 27.4 Å². The van der Waals surface area contributed by atoms with Gasteiger partial charge >= 0.3 is 6.18 Å². The number of rotatable bonds is 7. The molecule has 2 heterocycles. The van der Waals surface area contributed by atoms with Gasteiger partial charge in [-0.1, -0.05) is 0 Å². The number of carbonyl (C=O) groups excluding carboxylic acids is 1. The lowest BCUT2D eigenvalue weighted by Crippen LogP contribution is -2.40. The highest BCUT2D eigenvalue weighted by Gasteiger charge is 2.43. The van der Waals surface area contributed by atoms with Gasteiger partial charge in [0, 0.05) is 42.9 Å². The molecule has 0 aliphatic carbocycles. The standard InChI is InChI=1S/C25H18F6N4O3S/c26-17-2-4-19(5-3-17)39(37,38)35-13-18(27)9-22(35)23(36)6-1-14-7-20(21(28)8-15(14)10-32)16-11-33-24(34-12-16)25(29,30)31/h2-5,7-8,11-12,18,22H,1,6,9,13H2/t18-,22+/m1/s1. The van der Waals surface area contributed by atoms with Gasteiger partial charge in [-0.2, -0.15) is 22.7 Å². The molecular weight excluding hydrogens is 550 g/mol. The molecule has 4 rings (SSSR count). The summed E-state index contributed by atoms with van der Waals surface area (Å²) in [7, 11) is -4.33. The van der Waals surface area contributed by atoms with Crippen molar-refractivity contribution in [2.45, 2.75) is 42.5 Å². The summed E-state index contributed by atoms with van der Waals surface area (Å²) >= 11 is 0. The monoisotopic (exact) mass is 568 g/mol. The lowest BCUT2D eigenvalue weighted by molar-refractivity contribution is -0.145. The van der Waals surface area contributed by atoms with Gasteiger partial charge in [-0.05, 0) is 48.4 Å². The number of sulfonamides is 1. The molecule has 0 unspecified atom stereocenters. The number of aromatic nitrogens is 2. The first-order chi connectivity index (χ1) is 18.3. The van der Waals surface area contributed by atoms with Gasteiger partial charge in [0.2, 0.25) is 15.8 Å². The fraction of sp³-hybridized carbons (Fsp3) is 0.280. The summed E-state index contributed by atoms with van der Waals surface area (Å²) in [6.45, 7) is -0.575. The normalized spacial score (nSPS) is 18.2. The summed E-state index contributed by atoms with van der Waals surface area (Å²) in [5.41, 5.74) is -0.312. The Bertz CT molecular complexity index is 1540. The molecule has 7 nitrogen and oxygen atoms in total. The minimum Gasteiger partial charge on any atom is -0.298 e. The van der Waals surface area contributed by atoms with Gasteiger partial charge in [0.05, 0.1) is 22.6 Å². The third-order valence-electron chi connectivity index (χ3n) is 6.17. The second kappa shape index (κ2) is 10.7. The Morgan fingerprint density at radius 1 is 1.10 bits per heavy atom. The van der Waals surface area contributed by atoms with E-state index < -0.39 is 64.6 Å². The van der Waals surface area contributed by atoms with Crippen LogP contribution in [0.15, 0.2) is 53.7 Å². The molecule has 0 amide bonds. The molecule has 2 atom stereocenters. The molecule has 1 fully saturated rings. The van der Waals surface area contributed by atoms with Gasteiger partial charge < -0.3 is 0 Å². The SMILES string of the molecule is N#Cc1cc(F)c(-c2cnc(C(F)(F)F)nc2)cc1CCC(=O)[C@@H]1C[C@@H](F)CN1S(=O)(=O)c1ccc(F)cc1. The number of ketones is 1. The van der Waals surface area contributed by atoms with Crippen molar-refractivity contribution in [3.8, 4) is 17.2 Å². The second-order valence-corrected chi connectivity index (χ2v) is 10.6. The Kier molecular flexibility index (Phi) is 7.76. The van der Waals surface area contributed by atoms with Crippen molar-refractivity contribution < 1.29 is 39.6 Å². The minimum absolute atomic E-state index is 0.106. The summed E-state index contributed by atoms with van der Waals surface area (Å²) < 4.78 is 107. The van der Waals surface area contributed by atoms with E-state index in [4.69, 9.17) is 0 Å². The van der Waals surface area contributed by atoms with Crippen LogP contribution in [0.2, 0.25) is 0 Å². The fourth-order valence-corrected chi connectivity index (χ4v) is 5.89. The van der Waals surface area contributed by atoms with Crippen LogP contribution in [-0.4, -0.2) is 47.2 Å². The van der Waals surface area contributed by atoms with Crippen LogP contribution < -0.4 is 0 Å². The summed E-state index contributed by atoms with van der Waals surface area (Å²) in [5.74, 6) is -3.69. The van der Waals surface area contributed by atoms with Crippen LogP contribution in [0.5, 0.6) is 0 Å². The summed E-state index contributed by atoms with van der Waals surface area (Å²) in [6, 6.07) is 6.29. The van der Waals surface area contributed by atoms with Crippen LogP contribution in [0, 0.1) is 23.0 Å². The molecule has 0 saturated carbocycles. The highest BCUT2D eigenvalue weighted by Crippen LogP contribution is 2.32. The molecule has 0 N–H and O–H groups in total. The molecule has 1 aliphatic heterocycles. The number of halogens is 6. The van der Waals surface area contributed by atoms with E-state index >= 15 is 0 Å². The van der Waals surface area contributed by atoms with Crippen LogP contribution >= 0.6 is 0 Å². The number of carbonyl (C=O) groups is 1. The Morgan fingerprint density at radius 3 is 2.33 bits per heavy atom. The average Bonchev–Trinajstić information content (AvgIpc) is 3.30. The van der Waals surface area contributed by atoms with Gasteiger partial charge in [-0.3, -0.25) is 4.79 Å². The van der Waals surface area contributed by atoms with Crippen molar-refractivity contribution in [3.63, 3.8) is 0 Å². The molecule has 0 spiro atoms. The van der Waals surface area contributed by atoms with E-state index in [1.165, 1.54) is 6.07 Å². The van der Waals surface area contributed by atoms with E-state index in [1.54, 1.807) is 6.07 Å². The molecule has 204 valence electrons. The molecule has 2 aromatic carbocycles. The maximum Gasteiger partial charge on any atom is 0.451 e. The Hall–Kier alpha value is -3.83. The van der Waals surface area contributed by atoms with Crippen LogP contribution in [0.1, 0.15) is 29.8 Å². The van der Waals surface area contributed by atoms with Gasteiger partial charge in [-0.25, -0.2) is 31.6 Å². The van der Waals surface area contributed by atoms with E-state index in [1.807, 2.05) is 0 Å². The summed E-state index contributed by atoms with van der Waals surface area (Å²) in [4.78, 5) is 19.1. The van der Waals surface area contributed by atoms with E-state index in [0.29, 0.717) is 4.31 Å². The molecule has 1 aliphatic rings. The van der Waals surface area contributed by atoms with Crippen LogP contribution in [0.3, 0.4) is 0 Å². The molecule has 1 aromatic heterocycles. The third-order valence-corrected chi connectivity index (χ3v) is 8.06. The van der Waals surface area contributed by atoms with Gasteiger partial charge in [0.25, 0.3) is 0 Å². The lowest BCUT2D eigenvalue weighted by Gasteiger charge is -2.23. The van der Waals surface area contributed by atoms with E-state index in [-0.39, 0.29) is 40.0 Å². The zero-order valence-corrected chi connectivity index (χ0v) is 20.6. The zero-order chi connectivity index (χ0) is 28.5. The molecule has 1 saturated heterocycles. The van der Waals surface area contributed by atoms with Gasteiger partial charge in [-0.15, -0.1) is 0 Å². The van der Waals surface area contributed by atoms with E-state index in [2.05, 4.69) is 9.97 Å². The Labute approximate surface area is 218 Å². The number of alkyl halides is 4. The highest BCUT2D eigenvalue weighted by atomic mass is 32.2. The third kappa shape index (κ3) is 5.94. The highest BCUT2D eigenvalue weighted by molar-refractivity contribution is 7.89. The predicted octanol–water partition coefficient (Wildman–Crippen LogP) is 4.62.